The topological polar surface area (TPSA) is 86.7 Å². The Morgan fingerprint density at radius 1 is 1.04 bits per heavy atom. The van der Waals surface area contributed by atoms with Gasteiger partial charge in [0.25, 0.3) is 5.91 Å². The summed E-state index contributed by atoms with van der Waals surface area (Å²) in [5.74, 6) is -1.12. The Bertz CT molecular complexity index is 871. The standard InChI is InChI=1S/C22H24N2O4/c1-2-19(25)23-18-10-6-7-16(15-18)20(26)24-13-11-22(12-14-24,21(27)28)17-8-4-3-5-9-17/h3-10,15H,2,11-14H2,1H3,(H,23,25)(H,27,28). The zero-order chi connectivity index (χ0) is 20.1. The summed E-state index contributed by atoms with van der Waals surface area (Å²) >= 11 is 0. The lowest BCUT2D eigenvalue weighted by atomic mass is 9.73. The first-order chi connectivity index (χ1) is 13.5. The number of hydrogen-bond acceptors (Lipinski definition) is 3. The van der Waals surface area contributed by atoms with Crippen LogP contribution in [-0.4, -0.2) is 40.9 Å². The van der Waals surface area contributed by atoms with Crippen LogP contribution in [0.2, 0.25) is 0 Å². The number of amides is 2. The van der Waals surface area contributed by atoms with Gasteiger partial charge in [-0.05, 0) is 36.6 Å². The Balaban J connectivity index is 1.74. The van der Waals surface area contributed by atoms with Crippen LogP contribution in [0.5, 0.6) is 0 Å². The second-order valence-corrected chi connectivity index (χ2v) is 7.03. The molecule has 2 N–H and O–H groups in total. The van der Waals surface area contributed by atoms with Crippen molar-refractivity contribution < 1.29 is 19.5 Å². The van der Waals surface area contributed by atoms with E-state index in [1.165, 1.54) is 0 Å². The van der Waals surface area contributed by atoms with Crippen molar-refractivity contribution in [2.75, 3.05) is 18.4 Å². The monoisotopic (exact) mass is 380 g/mol. The van der Waals surface area contributed by atoms with E-state index in [4.69, 9.17) is 0 Å². The molecule has 28 heavy (non-hydrogen) atoms. The summed E-state index contributed by atoms with van der Waals surface area (Å²) in [7, 11) is 0. The van der Waals surface area contributed by atoms with Gasteiger partial charge in [-0.3, -0.25) is 14.4 Å². The number of carbonyl (C=O) groups is 3. The van der Waals surface area contributed by atoms with E-state index < -0.39 is 11.4 Å². The van der Waals surface area contributed by atoms with Gasteiger partial charge in [-0.25, -0.2) is 0 Å². The summed E-state index contributed by atoms with van der Waals surface area (Å²) in [6.45, 7) is 2.50. The van der Waals surface area contributed by atoms with Crippen molar-refractivity contribution in [2.45, 2.75) is 31.6 Å². The van der Waals surface area contributed by atoms with Crippen molar-refractivity contribution in [2.24, 2.45) is 0 Å². The second kappa shape index (κ2) is 8.25. The van der Waals surface area contributed by atoms with Crippen molar-refractivity contribution in [1.82, 2.24) is 4.90 Å². The maximum atomic E-state index is 12.9. The van der Waals surface area contributed by atoms with Crippen molar-refractivity contribution in [1.29, 1.82) is 0 Å². The van der Waals surface area contributed by atoms with E-state index >= 15 is 0 Å². The maximum Gasteiger partial charge on any atom is 0.314 e. The number of benzene rings is 2. The number of aliphatic carboxylic acids is 1. The summed E-state index contributed by atoms with van der Waals surface area (Å²) in [6, 6.07) is 16.1. The lowest BCUT2D eigenvalue weighted by Crippen LogP contribution is -2.49. The van der Waals surface area contributed by atoms with E-state index in [0.29, 0.717) is 43.6 Å². The number of anilines is 1. The van der Waals surface area contributed by atoms with E-state index in [1.54, 1.807) is 36.1 Å². The number of carboxylic acids is 1. The zero-order valence-corrected chi connectivity index (χ0v) is 15.9. The molecule has 1 heterocycles. The fourth-order valence-corrected chi connectivity index (χ4v) is 3.64. The van der Waals surface area contributed by atoms with Gasteiger partial charge in [-0.15, -0.1) is 0 Å². The third-order valence-electron chi connectivity index (χ3n) is 5.35. The first-order valence-corrected chi connectivity index (χ1v) is 9.44. The number of carboxylic acid groups (broad SMARTS) is 1. The second-order valence-electron chi connectivity index (χ2n) is 7.03. The van der Waals surface area contributed by atoms with E-state index in [1.807, 2.05) is 30.3 Å². The van der Waals surface area contributed by atoms with E-state index in [0.717, 1.165) is 5.56 Å². The highest BCUT2D eigenvalue weighted by molar-refractivity contribution is 5.97. The molecule has 1 fully saturated rings. The molecule has 0 aromatic heterocycles. The Hall–Kier alpha value is -3.15. The molecule has 0 radical (unpaired) electrons. The van der Waals surface area contributed by atoms with Crippen molar-refractivity contribution in [3.8, 4) is 0 Å². The molecule has 0 atom stereocenters. The molecule has 0 aliphatic carbocycles. The van der Waals surface area contributed by atoms with Crippen LogP contribution >= 0.6 is 0 Å². The van der Waals surface area contributed by atoms with Crippen molar-refractivity contribution in [3.05, 3.63) is 65.7 Å². The lowest BCUT2D eigenvalue weighted by molar-refractivity contribution is -0.145. The number of nitrogens with zero attached hydrogens (tertiary/aromatic N) is 1. The molecule has 0 bridgehead atoms. The van der Waals surface area contributed by atoms with Crippen LogP contribution in [0.1, 0.15) is 42.1 Å². The average molecular weight is 380 g/mol. The number of rotatable bonds is 5. The molecule has 1 saturated heterocycles. The number of carbonyl (C=O) groups excluding carboxylic acids is 2. The van der Waals surface area contributed by atoms with E-state index in [9.17, 15) is 19.5 Å². The van der Waals surface area contributed by atoms with Crippen LogP contribution < -0.4 is 5.32 Å². The number of hydrogen-bond donors (Lipinski definition) is 2. The van der Waals surface area contributed by atoms with Gasteiger partial charge in [0.2, 0.25) is 5.91 Å². The van der Waals surface area contributed by atoms with Gasteiger partial charge >= 0.3 is 5.97 Å². The summed E-state index contributed by atoms with van der Waals surface area (Å²) in [5.41, 5.74) is 0.879. The molecule has 6 heteroatoms. The summed E-state index contributed by atoms with van der Waals surface area (Å²) in [5, 5.41) is 12.6. The van der Waals surface area contributed by atoms with Crippen molar-refractivity contribution in [3.63, 3.8) is 0 Å². The molecule has 3 rings (SSSR count). The third-order valence-corrected chi connectivity index (χ3v) is 5.35. The number of piperidine rings is 1. The molecular weight excluding hydrogens is 356 g/mol. The molecule has 0 unspecified atom stereocenters. The lowest BCUT2D eigenvalue weighted by Gasteiger charge is -2.39. The Labute approximate surface area is 164 Å². The third kappa shape index (κ3) is 3.91. The summed E-state index contributed by atoms with van der Waals surface area (Å²) in [4.78, 5) is 38.2. The molecule has 2 amide bonds. The van der Waals surface area contributed by atoms with Gasteiger partial charge in [-0.2, -0.15) is 0 Å². The molecular formula is C22H24N2O4. The summed E-state index contributed by atoms with van der Waals surface area (Å²) < 4.78 is 0. The van der Waals surface area contributed by atoms with Crippen LogP contribution in [-0.2, 0) is 15.0 Å². The molecule has 6 nitrogen and oxygen atoms in total. The molecule has 2 aromatic rings. The van der Waals surface area contributed by atoms with Gasteiger partial charge in [-0.1, -0.05) is 43.3 Å². The Kier molecular flexibility index (Phi) is 5.78. The van der Waals surface area contributed by atoms with Crippen LogP contribution in [0.25, 0.3) is 0 Å². The van der Waals surface area contributed by atoms with Gasteiger partial charge in [0, 0.05) is 30.8 Å². The zero-order valence-electron chi connectivity index (χ0n) is 15.9. The van der Waals surface area contributed by atoms with Gasteiger partial charge in [0.05, 0.1) is 5.41 Å². The van der Waals surface area contributed by atoms with Crippen LogP contribution in [0.3, 0.4) is 0 Å². The molecule has 0 spiro atoms. The SMILES string of the molecule is CCC(=O)Nc1cccc(C(=O)N2CCC(C(=O)O)(c3ccccc3)CC2)c1. The normalized spacial score (nSPS) is 15.7. The number of likely N-dealkylation sites (tertiary alicyclic amines) is 1. The predicted molar refractivity (Wildman–Crippen MR) is 106 cm³/mol. The molecule has 2 aromatic carbocycles. The van der Waals surface area contributed by atoms with Crippen LogP contribution in [0, 0.1) is 0 Å². The molecule has 146 valence electrons. The minimum atomic E-state index is -0.963. The average Bonchev–Trinajstić information content (AvgIpc) is 2.74. The highest BCUT2D eigenvalue weighted by Crippen LogP contribution is 2.36. The molecule has 1 aliphatic rings. The fraction of sp³-hybridized carbons (Fsp3) is 0.318. The highest BCUT2D eigenvalue weighted by Gasteiger charge is 2.43. The minimum Gasteiger partial charge on any atom is -0.481 e. The Morgan fingerprint density at radius 2 is 1.71 bits per heavy atom. The summed E-state index contributed by atoms with van der Waals surface area (Å²) in [6.07, 6.45) is 1.09. The molecule has 0 saturated carbocycles. The Morgan fingerprint density at radius 3 is 2.32 bits per heavy atom. The number of nitrogens with one attached hydrogen (secondary N) is 1. The first kappa shape index (κ1) is 19.6. The quantitative estimate of drug-likeness (QED) is 0.833. The smallest absolute Gasteiger partial charge is 0.314 e. The van der Waals surface area contributed by atoms with Gasteiger partial charge in [0.15, 0.2) is 0 Å². The fourth-order valence-electron chi connectivity index (χ4n) is 3.64. The van der Waals surface area contributed by atoms with E-state index in [-0.39, 0.29) is 11.8 Å². The van der Waals surface area contributed by atoms with Gasteiger partial charge in [0.1, 0.15) is 0 Å². The maximum absolute atomic E-state index is 12.9. The first-order valence-electron chi connectivity index (χ1n) is 9.44. The predicted octanol–water partition coefficient (Wildman–Crippen LogP) is 3.29. The molecule has 1 aliphatic heterocycles. The van der Waals surface area contributed by atoms with Gasteiger partial charge < -0.3 is 15.3 Å². The van der Waals surface area contributed by atoms with E-state index in [2.05, 4.69) is 5.32 Å². The van der Waals surface area contributed by atoms with Crippen molar-refractivity contribution >= 4 is 23.5 Å². The van der Waals surface area contributed by atoms with Crippen LogP contribution in [0.15, 0.2) is 54.6 Å². The minimum absolute atomic E-state index is 0.114. The largest absolute Gasteiger partial charge is 0.481 e. The highest BCUT2D eigenvalue weighted by atomic mass is 16.4. The van der Waals surface area contributed by atoms with Crippen LogP contribution in [0.4, 0.5) is 5.69 Å².